The first-order valence-electron chi connectivity index (χ1n) is 7.50. The molecule has 0 saturated heterocycles. The van der Waals surface area contributed by atoms with Crippen molar-refractivity contribution in [3.05, 3.63) is 24.3 Å². The number of sulfonamides is 1. The van der Waals surface area contributed by atoms with Gasteiger partial charge in [0.2, 0.25) is 10.0 Å². The molecule has 5 nitrogen and oxygen atoms in total. The van der Waals surface area contributed by atoms with Gasteiger partial charge in [-0.15, -0.1) is 0 Å². The summed E-state index contributed by atoms with van der Waals surface area (Å²) in [5.41, 5.74) is 0.937. The van der Waals surface area contributed by atoms with Gasteiger partial charge in [-0.1, -0.05) is 20.3 Å². The van der Waals surface area contributed by atoms with Crippen LogP contribution in [0.25, 0.3) is 0 Å². The van der Waals surface area contributed by atoms with Crippen LogP contribution in [-0.4, -0.2) is 39.8 Å². The smallest absolute Gasteiger partial charge is 0.240 e. The normalized spacial score (nSPS) is 11.6. The molecule has 0 heterocycles. The molecular weight excluding hydrogens is 288 g/mol. The van der Waals surface area contributed by atoms with E-state index in [0.717, 1.165) is 31.5 Å². The Hall–Kier alpha value is -1.11. The Morgan fingerprint density at radius 2 is 1.76 bits per heavy atom. The van der Waals surface area contributed by atoms with E-state index in [1.807, 2.05) is 6.92 Å². The number of aliphatic hydroxyl groups excluding tert-OH is 1. The third-order valence-electron chi connectivity index (χ3n) is 3.21. The fourth-order valence-corrected chi connectivity index (χ4v) is 3.13. The molecule has 0 bridgehead atoms. The molecule has 120 valence electrons. The molecule has 0 fully saturated rings. The molecule has 2 N–H and O–H groups in total. The standard InChI is InChI=1S/C15H26N2O3S/c1-3-5-11-17(12-13-18)14-6-8-15(9-7-14)21(19,20)16-10-4-2/h6-9,16,18H,3-5,10-13H2,1-2H3. The van der Waals surface area contributed by atoms with Crippen LogP contribution >= 0.6 is 0 Å². The van der Waals surface area contributed by atoms with E-state index < -0.39 is 10.0 Å². The molecule has 0 aliphatic rings. The number of unbranched alkanes of at least 4 members (excludes halogenated alkanes) is 1. The molecule has 1 rings (SSSR count). The molecule has 0 atom stereocenters. The summed E-state index contributed by atoms with van der Waals surface area (Å²) >= 11 is 0. The first-order valence-corrected chi connectivity index (χ1v) is 8.99. The van der Waals surface area contributed by atoms with Crippen molar-refractivity contribution in [3.63, 3.8) is 0 Å². The van der Waals surface area contributed by atoms with E-state index in [0.29, 0.717) is 13.1 Å². The fraction of sp³-hybridized carbons (Fsp3) is 0.600. The summed E-state index contributed by atoms with van der Waals surface area (Å²) in [7, 11) is -3.41. The lowest BCUT2D eigenvalue weighted by atomic mass is 10.2. The monoisotopic (exact) mass is 314 g/mol. The van der Waals surface area contributed by atoms with Crippen molar-refractivity contribution < 1.29 is 13.5 Å². The maximum atomic E-state index is 12.0. The summed E-state index contributed by atoms with van der Waals surface area (Å²) in [6.07, 6.45) is 2.88. The predicted molar refractivity (Wildman–Crippen MR) is 86.1 cm³/mol. The third kappa shape index (κ3) is 5.65. The second-order valence-corrected chi connectivity index (χ2v) is 6.72. The first kappa shape index (κ1) is 17.9. The average Bonchev–Trinajstić information content (AvgIpc) is 2.49. The number of nitrogens with zero attached hydrogens (tertiary/aromatic N) is 1. The Balaban J connectivity index is 2.84. The van der Waals surface area contributed by atoms with Crippen LogP contribution < -0.4 is 9.62 Å². The van der Waals surface area contributed by atoms with Gasteiger partial charge in [0.25, 0.3) is 0 Å². The Labute approximate surface area is 128 Å². The summed E-state index contributed by atoms with van der Waals surface area (Å²) in [6.45, 7) is 5.98. The molecule has 0 aromatic heterocycles. The molecule has 1 aromatic carbocycles. The van der Waals surface area contributed by atoms with Gasteiger partial charge < -0.3 is 10.0 Å². The van der Waals surface area contributed by atoms with E-state index in [4.69, 9.17) is 5.11 Å². The van der Waals surface area contributed by atoms with Crippen LogP contribution in [0.2, 0.25) is 0 Å². The SMILES string of the molecule is CCCCN(CCO)c1ccc(S(=O)(=O)NCCC)cc1. The Morgan fingerprint density at radius 1 is 1.10 bits per heavy atom. The zero-order chi connectivity index (χ0) is 15.7. The van der Waals surface area contributed by atoms with Gasteiger partial charge in [-0.2, -0.15) is 0 Å². The highest BCUT2D eigenvalue weighted by molar-refractivity contribution is 7.89. The number of benzene rings is 1. The minimum Gasteiger partial charge on any atom is -0.395 e. The summed E-state index contributed by atoms with van der Waals surface area (Å²) in [5, 5.41) is 9.13. The van der Waals surface area contributed by atoms with Gasteiger partial charge in [0.15, 0.2) is 0 Å². The molecule has 0 aliphatic carbocycles. The maximum absolute atomic E-state index is 12.0. The number of rotatable bonds is 10. The lowest BCUT2D eigenvalue weighted by Gasteiger charge is -2.24. The van der Waals surface area contributed by atoms with Crippen molar-refractivity contribution in [2.75, 3.05) is 31.1 Å². The average molecular weight is 314 g/mol. The van der Waals surface area contributed by atoms with Crippen LogP contribution in [0, 0.1) is 0 Å². The van der Waals surface area contributed by atoms with Crippen molar-refractivity contribution in [2.24, 2.45) is 0 Å². The number of hydrogen-bond donors (Lipinski definition) is 2. The zero-order valence-electron chi connectivity index (χ0n) is 12.9. The topological polar surface area (TPSA) is 69.6 Å². The predicted octanol–water partition coefficient (Wildman–Crippen LogP) is 1.97. The van der Waals surface area contributed by atoms with E-state index in [-0.39, 0.29) is 11.5 Å². The Kier molecular flexibility index (Phi) is 7.71. The summed E-state index contributed by atoms with van der Waals surface area (Å²) in [4.78, 5) is 2.35. The Bertz CT molecular complexity index is 500. The first-order chi connectivity index (χ1) is 10.0. The zero-order valence-corrected chi connectivity index (χ0v) is 13.7. The molecule has 6 heteroatoms. The van der Waals surface area contributed by atoms with Gasteiger partial charge >= 0.3 is 0 Å². The van der Waals surface area contributed by atoms with E-state index in [9.17, 15) is 8.42 Å². The lowest BCUT2D eigenvalue weighted by molar-refractivity contribution is 0.301. The summed E-state index contributed by atoms with van der Waals surface area (Å²) in [5.74, 6) is 0. The largest absolute Gasteiger partial charge is 0.395 e. The molecule has 0 amide bonds. The molecule has 0 aliphatic heterocycles. The molecule has 1 aromatic rings. The number of anilines is 1. The highest BCUT2D eigenvalue weighted by Gasteiger charge is 2.13. The van der Waals surface area contributed by atoms with Crippen LogP contribution in [0.1, 0.15) is 33.1 Å². The Morgan fingerprint density at radius 3 is 2.29 bits per heavy atom. The van der Waals surface area contributed by atoms with Crippen LogP contribution in [0.4, 0.5) is 5.69 Å². The molecule has 0 radical (unpaired) electrons. The quantitative estimate of drug-likeness (QED) is 0.693. The van der Waals surface area contributed by atoms with Crippen LogP contribution in [0.15, 0.2) is 29.2 Å². The van der Waals surface area contributed by atoms with E-state index >= 15 is 0 Å². The van der Waals surface area contributed by atoms with Crippen molar-refractivity contribution >= 4 is 15.7 Å². The van der Waals surface area contributed by atoms with E-state index in [1.54, 1.807) is 24.3 Å². The van der Waals surface area contributed by atoms with Gasteiger partial charge in [0.1, 0.15) is 0 Å². The van der Waals surface area contributed by atoms with Gasteiger partial charge in [-0.25, -0.2) is 13.1 Å². The summed E-state index contributed by atoms with van der Waals surface area (Å²) < 4.78 is 26.6. The maximum Gasteiger partial charge on any atom is 0.240 e. The molecular formula is C15H26N2O3S. The van der Waals surface area contributed by atoms with Crippen LogP contribution in [-0.2, 0) is 10.0 Å². The molecule has 0 saturated carbocycles. The van der Waals surface area contributed by atoms with Crippen molar-refractivity contribution in [2.45, 2.75) is 38.0 Å². The molecule has 0 unspecified atom stereocenters. The summed E-state index contributed by atoms with van der Waals surface area (Å²) in [6, 6.07) is 6.82. The second-order valence-electron chi connectivity index (χ2n) is 4.96. The number of hydrogen-bond acceptors (Lipinski definition) is 4. The van der Waals surface area contributed by atoms with Crippen molar-refractivity contribution in [3.8, 4) is 0 Å². The second kappa shape index (κ2) is 9.02. The lowest BCUT2D eigenvalue weighted by Crippen LogP contribution is -2.28. The fourth-order valence-electron chi connectivity index (χ4n) is 2.00. The van der Waals surface area contributed by atoms with Crippen LogP contribution in [0.3, 0.4) is 0 Å². The van der Waals surface area contributed by atoms with E-state index in [2.05, 4.69) is 16.5 Å². The molecule has 0 spiro atoms. The van der Waals surface area contributed by atoms with Gasteiger partial charge in [0.05, 0.1) is 11.5 Å². The van der Waals surface area contributed by atoms with Gasteiger partial charge in [-0.05, 0) is 37.1 Å². The van der Waals surface area contributed by atoms with Gasteiger partial charge in [0, 0.05) is 25.3 Å². The molecule has 21 heavy (non-hydrogen) atoms. The van der Waals surface area contributed by atoms with Crippen molar-refractivity contribution in [1.29, 1.82) is 0 Å². The highest BCUT2D eigenvalue weighted by atomic mass is 32.2. The van der Waals surface area contributed by atoms with Gasteiger partial charge in [-0.3, -0.25) is 0 Å². The highest BCUT2D eigenvalue weighted by Crippen LogP contribution is 2.18. The minimum atomic E-state index is -3.41. The van der Waals surface area contributed by atoms with Crippen LogP contribution in [0.5, 0.6) is 0 Å². The number of nitrogens with one attached hydrogen (secondary N) is 1. The number of aliphatic hydroxyl groups is 1. The van der Waals surface area contributed by atoms with E-state index in [1.165, 1.54) is 0 Å². The minimum absolute atomic E-state index is 0.0851. The van der Waals surface area contributed by atoms with Crippen molar-refractivity contribution in [1.82, 2.24) is 4.72 Å². The third-order valence-corrected chi connectivity index (χ3v) is 4.68.